The molecule has 1 rings (SSSR count). The summed E-state index contributed by atoms with van der Waals surface area (Å²) < 4.78 is 0. The predicted octanol–water partition coefficient (Wildman–Crippen LogP) is 4.56. The number of hydrogen-bond donors (Lipinski definition) is 1. The van der Waals surface area contributed by atoms with Crippen molar-refractivity contribution in [3.05, 3.63) is 48.4 Å². The summed E-state index contributed by atoms with van der Waals surface area (Å²) >= 11 is 0. The summed E-state index contributed by atoms with van der Waals surface area (Å²) in [5.41, 5.74) is 3.89. The highest BCUT2D eigenvalue weighted by molar-refractivity contribution is 5.25. The van der Waals surface area contributed by atoms with Crippen LogP contribution < -0.4 is 5.32 Å². The van der Waals surface area contributed by atoms with E-state index in [2.05, 4.69) is 57.5 Å². The minimum absolute atomic E-state index is 1.05. The quantitative estimate of drug-likeness (QED) is 0.621. The summed E-state index contributed by atoms with van der Waals surface area (Å²) in [4.78, 5) is 0. The van der Waals surface area contributed by atoms with Crippen LogP contribution in [0, 0.1) is 0 Å². The van der Waals surface area contributed by atoms with E-state index in [0.29, 0.717) is 0 Å². The molecule has 1 aliphatic rings. The van der Waals surface area contributed by atoms with Crippen LogP contribution in [0.4, 0.5) is 0 Å². The molecule has 0 saturated carbocycles. The molecular formula is C14H25N. The zero-order valence-electron chi connectivity index (χ0n) is 10.9. The second-order valence-electron chi connectivity index (χ2n) is 3.15. The van der Waals surface area contributed by atoms with Crippen LogP contribution in [-0.2, 0) is 0 Å². The smallest absolute Gasteiger partial charge is 0.0187 e. The summed E-state index contributed by atoms with van der Waals surface area (Å²) in [5, 5.41) is 3.29. The lowest BCUT2D eigenvalue weighted by molar-refractivity contribution is 1.00. The van der Waals surface area contributed by atoms with Crippen molar-refractivity contribution >= 4 is 0 Å². The van der Waals surface area contributed by atoms with Crippen molar-refractivity contribution in [2.24, 2.45) is 0 Å². The van der Waals surface area contributed by atoms with E-state index in [0.717, 1.165) is 6.42 Å². The van der Waals surface area contributed by atoms with Gasteiger partial charge in [0.05, 0.1) is 0 Å². The van der Waals surface area contributed by atoms with E-state index in [4.69, 9.17) is 0 Å². The molecule has 0 saturated heterocycles. The molecule has 15 heavy (non-hydrogen) atoms. The third-order valence-corrected chi connectivity index (χ3v) is 1.60. The zero-order chi connectivity index (χ0) is 12.3. The number of nitrogens with one attached hydrogen (secondary N) is 1. The Kier molecular flexibility index (Phi) is 11.7. The Bertz CT molecular complexity index is 240. The van der Waals surface area contributed by atoms with E-state index >= 15 is 0 Å². The number of hydrogen-bond acceptors (Lipinski definition) is 1. The van der Waals surface area contributed by atoms with Crippen LogP contribution in [0.15, 0.2) is 48.4 Å². The van der Waals surface area contributed by atoms with Crippen LogP contribution in [0.3, 0.4) is 0 Å². The van der Waals surface area contributed by atoms with Gasteiger partial charge in [0, 0.05) is 17.8 Å². The molecule has 0 spiro atoms. The van der Waals surface area contributed by atoms with E-state index in [1.807, 2.05) is 13.8 Å². The first-order valence-corrected chi connectivity index (χ1v) is 5.46. The maximum Gasteiger partial charge on any atom is 0.0187 e. The molecule has 0 radical (unpaired) electrons. The van der Waals surface area contributed by atoms with Crippen molar-refractivity contribution in [1.82, 2.24) is 5.32 Å². The van der Waals surface area contributed by atoms with Crippen molar-refractivity contribution in [1.29, 1.82) is 0 Å². The summed E-state index contributed by atoms with van der Waals surface area (Å²) in [5.74, 6) is 0. The third kappa shape index (κ3) is 9.07. The van der Waals surface area contributed by atoms with Crippen LogP contribution in [0.1, 0.15) is 41.0 Å². The summed E-state index contributed by atoms with van der Waals surface area (Å²) in [6.07, 6.45) is 7.53. The monoisotopic (exact) mass is 207 g/mol. The number of rotatable bonds is 1. The van der Waals surface area contributed by atoms with E-state index in [-0.39, 0.29) is 0 Å². The number of allylic oxidation sites excluding steroid dienone is 5. The zero-order valence-corrected chi connectivity index (χ0v) is 10.9. The van der Waals surface area contributed by atoms with Crippen LogP contribution in [0.2, 0.25) is 0 Å². The van der Waals surface area contributed by atoms with E-state index in [1.54, 1.807) is 0 Å². The summed E-state index contributed by atoms with van der Waals surface area (Å²) in [7, 11) is 0. The van der Waals surface area contributed by atoms with Crippen molar-refractivity contribution < 1.29 is 0 Å². The Hall–Kier alpha value is -1.24. The molecule has 1 aliphatic heterocycles. The molecular weight excluding hydrogens is 182 g/mol. The minimum Gasteiger partial charge on any atom is -0.363 e. The molecule has 0 aromatic carbocycles. The molecule has 1 N–H and O–H groups in total. The van der Waals surface area contributed by atoms with Crippen molar-refractivity contribution in [2.45, 2.75) is 41.0 Å². The Labute approximate surface area is 95.3 Å². The average Bonchev–Trinajstić information content (AvgIpc) is 2.67. The van der Waals surface area contributed by atoms with Gasteiger partial charge in [0.1, 0.15) is 0 Å². The molecule has 0 aromatic rings. The van der Waals surface area contributed by atoms with E-state index in [9.17, 15) is 0 Å². The fraction of sp³-hybridized carbons (Fsp3) is 0.429. The summed E-state index contributed by atoms with van der Waals surface area (Å²) in [6, 6.07) is 0. The molecule has 1 nitrogen and oxygen atoms in total. The molecule has 0 unspecified atom stereocenters. The first-order valence-electron chi connectivity index (χ1n) is 5.46. The second kappa shape index (κ2) is 10.8. The lowest BCUT2D eigenvalue weighted by Gasteiger charge is -1.98. The highest BCUT2D eigenvalue weighted by Gasteiger charge is 2.01. The molecule has 0 aromatic heterocycles. The van der Waals surface area contributed by atoms with Gasteiger partial charge in [-0.15, -0.1) is 13.2 Å². The standard InChI is InChI=1S/C10H15N.C2H6.C2H4/c1-8(2)4-6-10-7-5-9(3)11-10;2*1-2/h4-6,11H,7H2,1-3H3;1-2H3;1-2H2/b10-6+;;. The third-order valence-electron chi connectivity index (χ3n) is 1.60. The van der Waals surface area contributed by atoms with Gasteiger partial charge in [-0.25, -0.2) is 0 Å². The SMILES string of the molecule is C=C.CC.CC(C)=C/C=C1\CC=C(C)N1. The van der Waals surface area contributed by atoms with Crippen molar-refractivity contribution in [3.8, 4) is 0 Å². The van der Waals surface area contributed by atoms with Gasteiger partial charge < -0.3 is 5.32 Å². The predicted molar refractivity (Wildman–Crippen MR) is 71.6 cm³/mol. The fourth-order valence-electron chi connectivity index (χ4n) is 0.995. The largest absolute Gasteiger partial charge is 0.363 e. The molecule has 0 fully saturated rings. The van der Waals surface area contributed by atoms with Crippen molar-refractivity contribution in [2.75, 3.05) is 0 Å². The van der Waals surface area contributed by atoms with E-state index < -0.39 is 0 Å². The Morgan fingerprint density at radius 2 is 1.87 bits per heavy atom. The van der Waals surface area contributed by atoms with E-state index in [1.165, 1.54) is 17.0 Å². The van der Waals surface area contributed by atoms with Gasteiger partial charge in [-0.05, 0) is 26.8 Å². The lowest BCUT2D eigenvalue weighted by atomic mass is 10.2. The van der Waals surface area contributed by atoms with Crippen LogP contribution in [0.5, 0.6) is 0 Å². The lowest BCUT2D eigenvalue weighted by Crippen LogP contribution is -2.02. The van der Waals surface area contributed by atoms with Gasteiger partial charge in [-0.1, -0.05) is 31.6 Å². The highest BCUT2D eigenvalue weighted by atomic mass is 14.9. The molecule has 0 atom stereocenters. The normalized spacial score (nSPS) is 15.0. The summed E-state index contributed by atoms with van der Waals surface area (Å²) in [6.45, 7) is 16.3. The van der Waals surface area contributed by atoms with Gasteiger partial charge in [-0.2, -0.15) is 0 Å². The van der Waals surface area contributed by atoms with Gasteiger partial charge in [-0.3, -0.25) is 0 Å². The molecule has 86 valence electrons. The average molecular weight is 207 g/mol. The molecule has 0 amide bonds. The van der Waals surface area contributed by atoms with Gasteiger partial charge >= 0.3 is 0 Å². The maximum atomic E-state index is 3.29. The molecule has 0 aliphatic carbocycles. The van der Waals surface area contributed by atoms with Crippen LogP contribution >= 0.6 is 0 Å². The van der Waals surface area contributed by atoms with Crippen LogP contribution in [0.25, 0.3) is 0 Å². The maximum absolute atomic E-state index is 3.29. The Balaban J connectivity index is 0. The fourth-order valence-corrected chi connectivity index (χ4v) is 0.995. The minimum atomic E-state index is 1.05. The van der Waals surface area contributed by atoms with Crippen molar-refractivity contribution in [3.63, 3.8) is 0 Å². The first-order chi connectivity index (χ1) is 7.18. The molecule has 1 heterocycles. The Morgan fingerprint density at radius 3 is 2.20 bits per heavy atom. The molecule has 1 heteroatoms. The first kappa shape index (κ1) is 16.2. The van der Waals surface area contributed by atoms with Gasteiger partial charge in [0.15, 0.2) is 0 Å². The Morgan fingerprint density at radius 1 is 1.33 bits per heavy atom. The topological polar surface area (TPSA) is 12.0 Å². The molecule has 0 bridgehead atoms. The van der Waals surface area contributed by atoms with Gasteiger partial charge in [0.25, 0.3) is 0 Å². The van der Waals surface area contributed by atoms with Crippen LogP contribution in [-0.4, -0.2) is 0 Å². The second-order valence-corrected chi connectivity index (χ2v) is 3.15. The highest BCUT2D eigenvalue weighted by Crippen LogP contribution is 2.11. The van der Waals surface area contributed by atoms with Gasteiger partial charge in [0.2, 0.25) is 0 Å².